The second-order valence-electron chi connectivity index (χ2n) is 8.04. The molecule has 0 aliphatic rings. The van der Waals surface area contributed by atoms with Crippen molar-refractivity contribution in [1.29, 1.82) is 0 Å². The topological polar surface area (TPSA) is 91.6 Å². The van der Waals surface area contributed by atoms with Crippen molar-refractivity contribution in [2.45, 2.75) is 44.2 Å². The van der Waals surface area contributed by atoms with E-state index in [4.69, 9.17) is 4.42 Å². The van der Waals surface area contributed by atoms with Gasteiger partial charge in [0.2, 0.25) is 10.0 Å². The number of nitrogens with zero attached hydrogens (tertiary/aromatic N) is 1. The summed E-state index contributed by atoms with van der Waals surface area (Å²) in [5.74, 6) is 0.413. The highest BCUT2D eigenvalue weighted by atomic mass is 32.2. The van der Waals surface area contributed by atoms with Crippen LogP contribution in [0.3, 0.4) is 0 Å². The van der Waals surface area contributed by atoms with Crippen LogP contribution in [0.5, 0.6) is 0 Å². The van der Waals surface area contributed by atoms with E-state index < -0.39 is 15.6 Å². The Morgan fingerprint density at radius 2 is 1.89 bits per heavy atom. The molecule has 2 rings (SSSR count). The number of carbonyl (C=O) groups excluding carboxylic acids is 1. The first kappa shape index (κ1) is 22.1. The summed E-state index contributed by atoms with van der Waals surface area (Å²) in [6, 6.07) is 8.08. The second kappa shape index (κ2) is 8.46. The highest BCUT2D eigenvalue weighted by Crippen LogP contribution is 2.20. The molecule has 8 heteroatoms. The Morgan fingerprint density at radius 3 is 2.43 bits per heavy atom. The minimum atomic E-state index is -3.72. The van der Waals surface area contributed by atoms with Gasteiger partial charge < -0.3 is 9.73 Å². The number of likely N-dealkylation sites (N-methyl/N-ethyl adjacent to an activating group) is 1. The Bertz CT molecular complexity index is 913. The van der Waals surface area contributed by atoms with Gasteiger partial charge in [0, 0.05) is 17.6 Å². The van der Waals surface area contributed by atoms with Gasteiger partial charge in [0.25, 0.3) is 5.91 Å². The molecule has 0 aliphatic carbocycles. The van der Waals surface area contributed by atoms with Crippen molar-refractivity contribution in [2.24, 2.45) is 0 Å². The fourth-order valence-electron chi connectivity index (χ4n) is 2.78. The van der Waals surface area contributed by atoms with Crippen LogP contribution in [0.2, 0.25) is 0 Å². The molecule has 1 aromatic heterocycles. The number of aryl methyl sites for hydroxylation is 1. The summed E-state index contributed by atoms with van der Waals surface area (Å²) in [5, 5.41) is 2.88. The summed E-state index contributed by atoms with van der Waals surface area (Å²) in [6.45, 7) is 7.40. The summed E-state index contributed by atoms with van der Waals surface area (Å²) in [4.78, 5) is 14.8. The predicted octanol–water partition coefficient (Wildman–Crippen LogP) is 2.70. The molecule has 1 atom stereocenters. The van der Waals surface area contributed by atoms with E-state index in [1.54, 1.807) is 46.1 Å². The molecular formula is C20H29N3O4S. The minimum absolute atomic E-state index is 0.0633. The molecule has 0 fully saturated rings. The van der Waals surface area contributed by atoms with Gasteiger partial charge >= 0.3 is 0 Å². The number of benzene rings is 1. The first-order valence-corrected chi connectivity index (χ1v) is 10.5. The quantitative estimate of drug-likeness (QED) is 0.736. The lowest BCUT2D eigenvalue weighted by Gasteiger charge is -2.23. The van der Waals surface area contributed by atoms with Gasteiger partial charge in [-0.15, -0.1) is 0 Å². The molecule has 28 heavy (non-hydrogen) atoms. The van der Waals surface area contributed by atoms with Crippen molar-refractivity contribution in [3.05, 3.63) is 53.5 Å². The number of furan rings is 1. The van der Waals surface area contributed by atoms with Gasteiger partial charge in [0.1, 0.15) is 5.76 Å². The molecule has 2 aromatic rings. The zero-order valence-corrected chi connectivity index (χ0v) is 18.1. The average Bonchev–Trinajstić information content (AvgIpc) is 3.06. The van der Waals surface area contributed by atoms with Gasteiger partial charge in [-0.3, -0.25) is 9.69 Å². The number of sulfonamides is 1. The van der Waals surface area contributed by atoms with E-state index in [2.05, 4.69) is 10.0 Å². The molecule has 2 N–H and O–H groups in total. The van der Waals surface area contributed by atoms with Crippen LogP contribution in [0, 0.1) is 6.92 Å². The predicted molar refractivity (Wildman–Crippen MR) is 109 cm³/mol. The van der Waals surface area contributed by atoms with E-state index in [1.165, 1.54) is 12.1 Å². The molecular weight excluding hydrogens is 378 g/mol. The lowest BCUT2D eigenvalue weighted by molar-refractivity contribution is 0.0938. The third-order valence-corrected chi connectivity index (χ3v) is 5.91. The van der Waals surface area contributed by atoms with Crippen LogP contribution < -0.4 is 10.0 Å². The smallest absolute Gasteiger partial charge is 0.251 e. The van der Waals surface area contributed by atoms with E-state index in [0.717, 1.165) is 5.76 Å². The van der Waals surface area contributed by atoms with Crippen molar-refractivity contribution in [2.75, 3.05) is 20.6 Å². The van der Waals surface area contributed by atoms with E-state index in [1.807, 2.05) is 25.1 Å². The van der Waals surface area contributed by atoms with Crippen LogP contribution in [-0.4, -0.2) is 45.4 Å². The molecule has 1 unspecified atom stereocenters. The van der Waals surface area contributed by atoms with Crippen LogP contribution in [-0.2, 0) is 10.0 Å². The van der Waals surface area contributed by atoms with Crippen molar-refractivity contribution in [1.82, 2.24) is 14.9 Å². The van der Waals surface area contributed by atoms with E-state index in [0.29, 0.717) is 17.7 Å². The SMILES string of the molecule is Cc1ccc(S(=O)(=O)NC(C)(C)C)cc1C(=O)NCC(c1ccco1)N(C)C. The lowest BCUT2D eigenvalue weighted by Crippen LogP contribution is -2.40. The molecule has 0 spiro atoms. The number of hydrogen-bond acceptors (Lipinski definition) is 5. The second-order valence-corrected chi connectivity index (χ2v) is 9.72. The summed E-state index contributed by atoms with van der Waals surface area (Å²) in [6.07, 6.45) is 1.59. The Balaban J connectivity index is 2.21. The fraction of sp³-hybridized carbons (Fsp3) is 0.450. The van der Waals surface area contributed by atoms with Crippen LogP contribution in [0.25, 0.3) is 0 Å². The number of rotatable bonds is 7. The maximum absolute atomic E-state index is 12.8. The van der Waals surface area contributed by atoms with Crippen LogP contribution in [0.15, 0.2) is 45.9 Å². The van der Waals surface area contributed by atoms with Crippen molar-refractivity contribution in [3.8, 4) is 0 Å². The zero-order chi connectivity index (χ0) is 21.1. The van der Waals surface area contributed by atoms with Crippen molar-refractivity contribution in [3.63, 3.8) is 0 Å². The maximum Gasteiger partial charge on any atom is 0.251 e. The molecule has 0 radical (unpaired) electrons. The first-order chi connectivity index (χ1) is 12.9. The molecule has 0 saturated heterocycles. The van der Waals surface area contributed by atoms with Crippen molar-refractivity contribution < 1.29 is 17.6 Å². The lowest BCUT2D eigenvalue weighted by atomic mass is 10.1. The van der Waals surface area contributed by atoms with Crippen LogP contribution in [0.4, 0.5) is 0 Å². The van der Waals surface area contributed by atoms with Gasteiger partial charge in [-0.2, -0.15) is 0 Å². The van der Waals surface area contributed by atoms with Crippen LogP contribution >= 0.6 is 0 Å². The molecule has 0 bridgehead atoms. The van der Waals surface area contributed by atoms with E-state index in [9.17, 15) is 13.2 Å². The fourth-order valence-corrected chi connectivity index (χ4v) is 4.22. The van der Waals surface area contributed by atoms with Gasteiger partial charge in [-0.05, 0) is 71.6 Å². The third kappa shape index (κ3) is 5.67. The molecule has 7 nitrogen and oxygen atoms in total. The number of nitrogens with one attached hydrogen (secondary N) is 2. The summed E-state index contributed by atoms with van der Waals surface area (Å²) in [7, 11) is 0.0734. The van der Waals surface area contributed by atoms with Crippen LogP contribution in [0.1, 0.15) is 48.5 Å². The standard InChI is InChI=1S/C20H29N3O4S/c1-14-9-10-15(28(25,26)22-20(2,3)4)12-16(14)19(24)21-13-17(23(5)6)18-8-7-11-27-18/h7-12,17,22H,13H2,1-6H3,(H,21,24). The molecule has 0 saturated carbocycles. The maximum atomic E-state index is 12.8. The van der Waals surface area contributed by atoms with Gasteiger partial charge in [0.05, 0.1) is 17.2 Å². The number of amides is 1. The Kier molecular flexibility index (Phi) is 6.69. The molecule has 0 aliphatic heterocycles. The number of hydrogen-bond donors (Lipinski definition) is 2. The van der Waals surface area contributed by atoms with E-state index in [-0.39, 0.29) is 16.8 Å². The molecule has 1 amide bonds. The van der Waals surface area contributed by atoms with Gasteiger partial charge in [-0.25, -0.2) is 13.1 Å². The Morgan fingerprint density at radius 1 is 1.21 bits per heavy atom. The first-order valence-electron chi connectivity index (χ1n) is 9.03. The van der Waals surface area contributed by atoms with Crippen molar-refractivity contribution >= 4 is 15.9 Å². The third-order valence-electron chi connectivity index (χ3n) is 4.16. The number of carbonyl (C=O) groups is 1. The Hall–Kier alpha value is -2.16. The summed E-state index contributed by atoms with van der Waals surface area (Å²) >= 11 is 0. The average molecular weight is 408 g/mol. The summed E-state index contributed by atoms with van der Waals surface area (Å²) in [5.41, 5.74) is 0.411. The normalized spacial score (nSPS) is 13.5. The van der Waals surface area contributed by atoms with Gasteiger partial charge in [-0.1, -0.05) is 6.07 Å². The minimum Gasteiger partial charge on any atom is -0.468 e. The van der Waals surface area contributed by atoms with E-state index >= 15 is 0 Å². The zero-order valence-electron chi connectivity index (χ0n) is 17.2. The highest BCUT2D eigenvalue weighted by molar-refractivity contribution is 7.89. The molecule has 154 valence electrons. The Labute approximate surface area is 167 Å². The van der Waals surface area contributed by atoms with Gasteiger partial charge in [0.15, 0.2) is 0 Å². The summed E-state index contributed by atoms with van der Waals surface area (Å²) < 4.78 is 33.2. The molecule has 1 aromatic carbocycles. The monoisotopic (exact) mass is 407 g/mol. The highest BCUT2D eigenvalue weighted by Gasteiger charge is 2.24. The largest absolute Gasteiger partial charge is 0.468 e. The molecule has 1 heterocycles.